The van der Waals surface area contributed by atoms with Gasteiger partial charge in [0.25, 0.3) is 0 Å². The van der Waals surface area contributed by atoms with Crippen molar-refractivity contribution in [1.82, 2.24) is 10.6 Å². The lowest BCUT2D eigenvalue weighted by Crippen LogP contribution is -2.28. The molecule has 0 atom stereocenters. The maximum absolute atomic E-state index is 11.5. The first kappa shape index (κ1) is 20.9. The third-order valence-electron chi connectivity index (χ3n) is 3.81. The van der Waals surface area contributed by atoms with Crippen molar-refractivity contribution in [1.29, 1.82) is 0 Å². The lowest BCUT2D eigenvalue weighted by Gasteiger charge is -2.05. The van der Waals surface area contributed by atoms with Crippen LogP contribution < -0.4 is 10.6 Å². The Morgan fingerprint density at radius 1 is 0.636 bits per heavy atom. The summed E-state index contributed by atoms with van der Waals surface area (Å²) in [5.74, 6) is -0.0567. The monoisotopic (exact) mass is 312 g/mol. The van der Waals surface area contributed by atoms with E-state index >= 15 is 0 Å². The first-order valence-corrected chi connectivity index (χ1v) is 9.24. The highest BCUT2D eigenvalue weighted by molar-refractivity contribution is 5.83. The molecular weight excluding hydrogens is 276 g/mol. The van der Waals surface area contributed by atoms with Crippen molar-refractivity contribution < 1.29 is 9.59 Å². The Kier molecular flexibility index (Phi) is 15.5. The van der Waals surface area contributed by atoms with E-state index < -0.39 is 0 Å². The molecule has 0 aromatic rings. The van der Waals surface area contributed by atoms with Gasteiger partial charge in [-0.15, -0.1) is 0 Å². The topological polar surface area (TPSA) is 58.2 Å². The Hall–Kier alpha value is -1.06. The Morgan fingerprint density at radius 2 is 1.09 bits per heavy atom. The second-order valence-electron chi connectivity index (χ2n) is 5.99. The molecule has 22 heavy (non-hydrogen) atoms. The summed E-state index contributed by atoms with van der Waals surface area (Å²) >= 11 is 0. The van der Waals surface area contributed by atoms with Crippen molar-refractivity contribution in [2.45, 2.75) is 90.9 Å². The number of hydrogen-bond acceptors (Lipinski definition) is 2. The van der Waals surface area contributed by atoms with Crippen LogP contribution in [0.4, 0.5) is 0 Å². The summed E-state index contributed by atoms with van der Waals surface area (Å²) in [5, 5.41) is 5.58. The number of rotatable bonds is 15. The highest BCUT2D eigenvalue weighted by Crippen LogP contribution is 2.10. The number of unbranched alkanes of at least 4 members (excludes halogenated alkanes) is 9. The number of amides is 2. The molecule has 0 saturated heterocycles. The van der Waals surface area contributed by atoms with Gasteiger partial charge in [-0.05, 0) is 13.3 Å². The first-order valence-electron chi connectivity index (χ1n) is 9.24. The van der Waals surface area contributed by atoms with Crippen LogP contribution in [0.5, 0.6) is 0 Å². The van der Waals surface area contributed by atoms with Crippen molar-refractivity contribution >= 4 is 11.8 Å². The highest BCUT2D eigenvalue weighted by atomic mass is 16.2. The molecule has 4 nitrogen and oxygen atoms in total. The van der Waals surface area contributed by atoms with Crippen LogP contribution in [0.15, 0.2) is 0 Å². The van der Waals surface area contributed by atoms with Crippen LogP contribution in [0, 0.1) is 0 Å². The highest BCUT2D eigenvalue weighted by Gasteiger charge is 2.05. The smallest absolute Gasteiger partial charge is 0.220 e. The minimum Gasteiger partial charge on any atom is -0.356 e. The molecule has 2 N–H and O–H groups in total. The third kappa shape index (κ3) is 15.3. The van der Waals surface area contributed by atoms with Gasteiger partial charge in [0.2, 0.25) is 11.8 Å². The number of carbonyl (C=O) groups is 2. The van der Waals surface area contributed by atoms with E-state index in [4.69, 9.17) is 0 Å². The van der Waals surface area contributed by atoms with Crippen molar-refractivity contribution in [3.05, 3.63) is 0 Å². The zero-order valence-corrected chi connectivity index (χ0v) is 14.7. The molecule has 0 aromatic heterocycles. The van der Waals surface area contributed by atoms with Gasteiger partial charge in [0.1, 0.15) is 0 Å². The van der Waals surface area contributed by atoms with E-state index in [0.717, 1.165) is 13.0 Å². The van der Waals surface area contributed by atoms with Crippen LogP contribution in [0.1, 0.15) is 90.9 Å². The molecule has 0 aliphatic carbocycles. The van der Waals surface area contributed by atoms with Gasteiger partial charge in [-0.2, -0.15) is 0 Å². The lowest BCUT2D eigenvalue weighted by molar-refractivity contribution is -0.126. The van der Waals surface area contributed by atoms with Crippen molar-refractivity contribution in [3.8, 4) is 0 Å². The van der Waals surface area contributed by atoms with E-state index in [0.29, 0.717) is 13.0 Å². The summed E-state index contributed by atoms with van der Waals surface area (Å²) in [6.07, 6.45) is 13.6. The van der Waals surface area contributed by atoms with Crippen LogP contribution in [0.25, 0.3) is 0 Å². The van der Waals surface area contributed by atoms with Crippen LogP contribution in [-0.4, -0.2) is 24.9 Å². The van der Waals surface area contributed by atoms with E-state index in [1.54, 1.807) is 0 Å². The zero-order chi connectivity index (χ0) is 16.5. The van der Waals surface area contributed by atoms with Gasteiger partial charge < -0.3 is 10.6 Å². The van der Waals surface area contributed by atoms with E-state index in [9.17, 15) is 9.59 Å². The molecule has 0 aliphatic heterocycles. The van der Waals surface area contributed by atoms with Crippen LogP contribution in [-0.2, 0) is 9.59 Å². The molecule has 0 rings (SSSR count). The Bertz CT molecular complexity index is 280. The van der Waals surface area contributed by atoms with Crippen molar-refractivity contribution in [3.63, 3.8) is 0 Å². The minimum absolute atomic E-state index is 0.0119. The van der Waals surface area contributed by atoms with Crippen LogP contribution in [0.2, 0.25) is 0 Å². The first-order chi connectivity index (χ1) is 10.7. The molecule has 130 valence electrons. The minimum atomic E-state index is -0.0448. The quantitative estimate of drug-likeness (QED) is 0.450. The fourth-order valence-electron chi connectivity index (χ4n) is 2.44. The van der Waals surface area contributed by atoms with E-state index in [1.807, 2.05) is 6.92 Å². The summed E-state index contributed by atoms with van der Waals surface area (Å²) in [6, 6.07) is 0. The summed E-state index contributed by atoms with van der Waals surface area (Å²) < 4.78 is 0. The number of nitrogens with one attached hydrogen (secondary N) is 2. The van der Waals surface area contributed by atoms with Gasteiger partial charge in [-0.25, -0.2) is 0 Å². The molecule has 0 fully saturated rings. The summed E-state index contributed by atoms with van der Waals surface area (Å²) in [5.41, 5.74) is 0. The summed E-state index contributed by atoms with van der Waals surface area (Å²) in [6.45, 7) is 5.49. The fourth-order valence-corrected chi connectivity index (χ4v) is 2.44. The molecule has 0 radical (unpaired) electrons. The molecule has 0 spiro atoms. The molecule has 4 heteroatoms. The second kappa shape index (κ2) is 16.3. The molecular formula is C18H36N2O2. The van der Waals surface area contributed by atoms with Gasteiger partial charge in [0, 0.05) is 25.9 Å². The second-order valence-corrected chi connectivity index (χ2v) is 5.99. The molecule has 0 aromatic carbocycles. The average Bonchev–Trinajstić information content (AvgIpc) is 2.51. The number of carbonyl (C=O) groups excluding carboxylic acids is 2. The molecule has 0 heterocycles. The van der Waals surface area contributed by atoms with Gasteiger partial charge in [0.05, 0.1) is 0 Å². The predicted molar refractivity (Wildman–Crippen MR) is 92.8 cm³/mol. The lowest BCUT2D eigenvalue weighted by atomic mass is 10.1. The molecule has 0 bridgehead atoms. The molecule has 2 amide bonds. The largest absolute Gasteiger partial charge is 0.356 e. The molecule has 0 saturated carbocycles. The number of hydrogen-bond donors (Lipinski definition) is 2. The standard InChI is InChI=1S/C18H36N2O2/c1-3-5-6-7-8-9-10-11-12-13-16-20-18(22)15-14-17(21)19-4-2/h3-16H2,1-2H3,(H,19,21)(H,20,22). The van der Waals surface area contributed by atoms with E-state index in [-0.39, 0.29) is 18.2 Å². The van der Waals surface area contributed by atoms with Crippen molar-refractivity contribution in [2.24, 2.45) is 0 Å². The van der Waals surface area contributed by atoms with Crippen LogP contribution in [0.3, 0.4) is 0 Å². The Morgan fingerprint density at radius 3 is 1.59 bits per heavy atom. The maximum atomic E-state index is 11.5. The zero-order valence-electron chi connectivity index (χ0n) is 14.7. The Labute approximate surface area is 136 Å². The maximum Gasteiger partial charge on any atom is 0.220 e. The van der Waals surface area contributed by atoms with Crippen molar-refractivity contribution in [2.75, 3.05) is 13.1 Å². The Balaban J connectivity index is 3.22. The van der Waals surface area contributed by atoms with E-state index in [2.05, 4.69) is 17.6 Å². The van der Waals surface area contributed by atoms with E-state index in [1.165, 1.54) is 57.8 Å². The summed E-state index contributed by atoms with van der Waals surface area (Å²) in [4.78, 5) is 22.7. The van der Waals surface area contributed by atoms with Gasteiger partial charge >= 0.3 is 0 Å². The van der Waals surface area contributed by atoms with Crippen LogP contribution >= 0.6 is 0 Å². The fraction of sp³-hybridized carbons (Fsp3) is 0.889. The predicted octanol–water partition coefficient (Wildman–Crippen LogP) is 3.94. The SMILES string of the molecule is CCCCCCCCCCCCNC(=O)CCC(=O)NCC. The van der Waals surface area contributed by atoms with Gasteiger partial charge in [0.15, 0.2) is 0 Å². The normalized spacial score (nSPS) is 10.5. The van der Waals surface area contributed by atoms with Gasteiger partial charge in [-0.1, -0.05) is 64.7 Å². The van der Waals surface area contributed by atoms with Gasteiger partial charge in [-0.3, -0.25) is 9.59 Å². The third-order valence-corrected chi connectivity index (χ3v) is 3.81. The summed E-state index contributed by atoms with van der Waals surface area (Å²) in [7, 11) is 0. The molecule has 0 unspecified atom stereocenters. The average molecular weight is 312 g/mol. The molecule has 0 aliphatic rings.